The molecule has 1 aliphatic rings. The fourth-order valence-electron chi connectivity index (χ4n) is 3.30. The quantitative estimate of drug-likeness (QED) is 0.0996. The van der Waals surface area contributed by atoms with Gasteiger partial charge in [-0.25, -0.2) is 0 Å². The van der Waals surface area contributed by atoms with Crippen molar-refractivity contribution in [3.8, 4) is 0 Å². The monoisotopic (exact) mass is 745 g/mol. The molecule has 1 radical (unpaired) electrons. The largest absolute Gasteiger partial charge is 3.00 e. The van der Waals surface area contributed by atoms with E-state index in [0.29, 0.717) is 19.6 Å². The maximum atomic E-state index is 11.3. The summed E-state index contributed by atoms with van der Waals surface area (Å²) < 4.78 is 122. The van der Waals surface area contributed by atoms with E-state index in [4.69, 9.17) is 4.74 Å². The first-order chi connectivity index (χ1) is 21.3. The average Bonchev–Trinajstić information content (AvgIpc) is 3.48. The molecule has 3 aromatic carbocycles. The number of carbonyl (C=O) groups is 1. The molecular weight excluding hydrogens is 716 g/mol. The predicted molar refractivity (Wildman–Crippen MR) is 164 cm³/mol. The molecule has 0 N–H and O–H groups in total. The van der Waals surface area contributed by atoms with Crippen LogP contribution in [0.25, 0.3) is 0 Å². The molecule has 0 fully saturated rings. The minimum absolute atomic E-state index is 0. The molecule has 4 rings (SSSR count). The Bertz CT molecular complexity index is 1160. The number of halogens is 12. The maximum absolute atomic E-state index is 11.3. The smallest absolute Gasteiger partial charge is 0.418 e. The second-order valence-corrected chi connectivity index (χ2v) is 10.7. The van der Waals surface area contributed by atoms with Crippen molar-refractivity contribution in [3.05, 3.63) is 115 Å². The van der Waals surface area contributed by atoms with Gasteiger partial charge in [-0.1, -0.05) is 109 Å². The van der Waals surface area contributed by atoms with Crippen LogP contribution in [0.4, 0.5) is 51.8 Å². The topological polar surface area (TPSA) is 26.3 Å². The van der Waals surface area contributed by atoms with Crippen LogP contribution in [-0.2, 0) is 26.6 Å². The summed E-state index contributed by atoms with van der Waals surface area (Å²) in [6, 6.07) is 32.3. The molecule has 0 atom stereocenters. The van der Waals surface area contributed by atoms with E-state index in [1.165, 1.54) is 15.9 Å². The van der Waals surface area contributed by atoms with Gasteiger partial charge in [0.05, 0.1) is 6.61 Å². The summed E-state index contributed by atoms with van der Waals surface area (Å²) in [5.41, 5.74) is 0.912. The van der Waals surface area contributed by atoms with Crippen molar-refractivity contribution >= 4 is 51.4 Å². The van der Waals surface area contributed by atoms with E-state index in [1.54, 1.807) is 0 Å². The van der Waals surface area contributed by atoms with Gasteiger partial charge in [0, 0.05) is 13.0 Å². The molecule has 259 valence electrons. The third-order valence-corrected chi connectivity index (χ3v) is 7.29. The molecule has 1 aliphatic carbocycles. The first-order valence-corrected chi connectivity index (χ1v) is 14.7. The van der Waals surface area contributed by atoms with Crippen LogP contribution in [0.2, 0.25) is 0 Å². The van der Waals surface area contributed by atoms with Gasteiger partial charge in [-0.3, -0.25) is 4.79 Å². The molecule has 0 amide bonds. The van der Waals surface area contributed by atoms with E-state index in [9.17, 15) is 56.6 Å². The minimum Gasteiger partial charge on any atom is -0.418 e. The summed E-state index contributed by atoms with van der Waals surface area (Å²) in [5.74, 6) is 0.216. The van der Waals surface area contributed by atoms with Crippen molar-refractivity contribution < 1.29 is 78.4 Å². The maximum Gasteiger partial charge on any atom is 3.00 e. The molecule has 0 aromatic heterocycles. The van der Waals surface area contributed by atoms with E-state index in [-0.39, 0.29) is 22.9 Å². The van der Waals surface area contributed by atoms with Gasteiger partial charge in [0.2, 0.25) is 0 Å². The van der Waals surface area contributed by atoms with Crippen LogP contribution >= 0.6 is 7.92 Å². The molecule has 47 heavy (non-hydrogen) atoms. The third-order valence-electron chi connectivity index (χ3n) is 4.85. The zero-order valence-electron chi connectivity index (χ0n) is 24.6. The van der Waals surface area contributed by atoms with Crippen molar-refractivity contribution in [1.82, 2.24) is 0 Å². The van der Waals surface area contributed by atoms with Gasteiger partial charge >= 0.3 is 38.8 Å². The standard InChI is InChI=1S/C18H15P.C10H14O2.3BF4.Fe/c1-4-10-16(11-5-1)19(17-12-6-2-7-13-17)18-14-8-3-9-15-18;1-2-12-8-7-10(11)9-5-3-4-6-9;3*2-1(3,4)5;/h1-15H;3-5H,2,6-8H2,1H3;;;;/q;;3*-1;+3. The normalized spacial score (nSPS) is 11.9. The van der Waals surface area contributed by atoms with Crippen LogP contribution in [0.1, 0.15) is 19.8 Å². The first kappa shape index (κ1) is 46.2. The molecule has 3 aromatic rings. The number of hydrogen-bond donors (Lipinski definition) is 0. The Kier molecular flexibility index (Phi) is 23.8. The van der Waals surface area contributed by atoms with Crippen molar-refractivity contribution in [2.45, 2.75) is 19.8 Å². The minimum atomic E-state index is -6.00. The van der Waals surface area contributed by atoms with Crippen molar-refractivity contribution in [2.75, 3.05) is 13.2 Å². The number of ether oxygens (including phenoxy) is 1. The molecule has 19 heteroatoms. The van der Waals surface area contributed by atoms with E-state index in [0.717, 1.165) is 12.0 Å². The Morgan fingerprint density at radius 2 is 0.957 bits per heavy atom. The number of rotatable bonds is 8. The average molecular weight is 745 g/mol. The molecule has 2 nitrogen and oxygen atoms in total. The van der Waals surface area contributed by atoms with Crippen molar-refractivity contribution in [2.24, 2.45) is 0 Å². The number of ketones is 1. The van der Waals surface area contributed by atoms with E-state index < -0.39 is 29.7 Å². The number of benzene rings is 3. The second-order valence-electron chi connectivity index (χ2n) is 8.52. The Hall–Kier alpha value is -2.93. The van der Waals surface area contributed by atoms with E-state index in [2.05, 4.69) is 91.0 Å². The summed E-state index contributed by atoms with van der Waals surface area (Å²) in [6.45, 7) is 3.16. The SMILES string of the molecule is CCOCCC(=O)C1=CC=CC1.F[B-](F)(F)F.F[B-](F)(F)F.F[B-](F)(F)F.[Fe+3].c1ccc(P(c2ccccc2)c2ccccc2)cc1. The Labute approximate surface area is 277 Å². The number of allylic oxidation sites excluding steroid dienone is 4. The van der Waals surface area contributed by atoms with Gasteiger partial charge in [0.25, 0.3) is 0 Å². The molecule has 0 saturated carbocycles. The van der Waals surface area contributed by atoms with Gasteiger partial charge in [-0.2, -0.15) is 0 Å². The number of Topliss-reactive ketones (excluding diaryl/α,β-unsaturated/α-hetero) is 1. The summed E-state index contributed by atoms with van der Waals surface area (Å²) in [5, 5.41) is 4.19. The third kappa shape index (κ3) is 30.2. The van der Waals surface area contributed by atoms with Gasteiger partial charge < -0.3 is 56.5 Å². The van der Waals surface area contributed by atoms with E-state index in [1.807, 2.05) is 25.2 Å². The summed E-state index contributed by atoms with van der Waals surface area (Å²) in [4.78, 5) is 11.3. The molecule has 0 aliphatic heterocycles. The molecule has 0 saturated heterocycles. The zero-order chi connectivity index (χ0) is 35.2. The molecule has 0 heterocycles. The second kappa shape index (κ2) is 24.3. The predicted octanol–water partition coefficient (Wildman–Crippen LogP) is 9.21. The summed E-state index contributed by atoms with van der Waals surface area (Å²) in [6.07, 6.45) is 7.11. The fraction of sp³-hybridized carbons (Fsp3) is 0.179. The molecule has 0 bridgehead atoms. The summed E-state index contributed by atoms with van der Waals surface area (Å²) in [7, 11) is -18.4. The number of hydrogen-bond acceptors (Lipinski definition) is 2. The number of carbonyl (C=O) groups excluding carboxylic acids is 1. The fourth-order valence-corrected chi connectivity index (χ4v) is 5.61. The van der Waals surface area contributed by atoms with Crippen LogP contribution in [0.5, 0.6) is 0 Å². The van der Waals surface area contributed by atoms with Crippen LogP contribution < -0.4 is 15.9 Å². The van der Waals surface area contributed by atoms with E-state index >= 15 is 0 Å². The van der Waals surface area contributed by atoms with Crippen LogP contribution in [0.3, 0.4) is 0 Å². The van der Waals surface area contributed by atoms with Gasteiger partial charge in [-0.05, 0) is 42.8 Å². The van der Waals surface area contributed by atoms with Crippen molar-refractivity contribution in [1.29, 1.82) is 0 Å². The first-order valence-electron chi connectivity index (χ1n) is 13.3. The van der Waals surface area contributed by atoms with Gasteiger partial charge in [0.1, 0.15) is 0 Å². The van der Waals surface area contributed by atoms with Crippen LogP contribution in [-0.4, -0.2) is 40.8 Å². The van der Waals surface area contributed by atoms with Gasteiger partial charge in [0.15, 0.2) is 5.78 Å². The van der Waals surface area contributed by atoms with Gasteiger partial charge in [-0.15, -0.1) is 0 Å². The molecule has 0 unspecified atom stereocenters. The molecule has 0 spiro atoms. The Balaban J connectivity index is 0. The van der Waals surface area contributed by atoms with Crippen LogP contribution in [0.15, 0.2) is 115 Å². The summed E-state index contributed by atoms with van der Waals surface area (Å²) >= 11 is 0. The van der Waals surface area contributed by atoms with Crippen molar-refractivity contribution in [3.63, 3.8) is 0 Å². The zero-order valence-corrected chi connectivity index (χ0v) is 26.6. The Morgan fingerprint density at radius 3 is 1.21 bits per heavy atom. The Morgan fingerprint density at radius 1 is 0.638 bits per heavy atom. The molecular formula is C28H29B3F12FeO2P. The van der Waals surface area contributed by atoms with Crippen LogP contribution in [0, 0.1) is 0 Å².